The van der Waals surface area contributed by atoms with Crippen LogP contribution in [-0.2, 0) is 22.7 Å². The van der Waals surface area contributed by atoms with Gasteiger partial charge in [0.15, 0.2) is 0 Å². The highest BCUT2D eigenvalue weighted by atomic mass is 35.5. The molecule has 0 unspecified atom stereocenters. The first-order chi connectivity index (χ1) is 16.2. The van der Waals surface area contributed by atoms with Gasteiger partial charge in [-0.2, -0.15) is 10.4 Å². The van der Waals surface area contributed by atoms with Crippen LogP contribution in [-0.4, -0.2) is 28.4 Å². The van der Waals surface area contributed by atoms with Crippen LogP contribution in [0.25, 0.3) is 5.69 Å². The number of nitriles is 1. The SMILES string of the molecule is COCc1cc(C)n(CC(=O)NN=Cc2cc(C)n(-c3ccc(Cl)c(Cl)c3)c2C)c(=O)c1C#N. The van der Waals surface area contributed by atoms with E-state index in [0.29, 0.717) is 21.3 Å². The molecule has 0 fully saturated rings. The number of hydrogen-bond donors (Lipinski definition) is 1. The molecule has 0 atom stereocenters. The summed E-state index contributed by atoms with van der Waals surface area (Å²) in [5.41, 5.74) is 6.38. The third kappa shape index (κ3) is 5.23. The second kappa shape index (κ2) is 10.7. The maximum Gasteiger partial charge on any atom is 0.269 e. The van der Waals surface area contributed by atoms with Crippen molar-refractivity contribution in [1.82, 2.24) is 14.6 Å². The summed E-state index contributed by atoms with van der Waals surface area (Å²) in [5, 5.41) is 14.3. The van der Waals surface area contributed by atoms with Gasteiger partial charge in [-0.25, -0.2) is 5.43 Å². The standard InChI is InChI=1S/C24H23Cl2N5O3/c1-14-7-18(13-34-4)20(10-27)24(33)30(14)12-23(32)29-28-11-17-8-15(2)31(16(17)3)19-5-6-21(25)22(26)9-19/h5-9,11H,12-13H2,1-4H3,(H,29,32). The Morgan fingerprint density at radius 3 is 2.56 bits per heavy atom. The largest absolute Gasteiger partial charge is 0.380 e. The van der Waals surface area contributed by atoms with Crippen molar-refractivity contribution in [3.05, 3.63) is 84.5 Å². The average molecular weight is 500 g/mol. The van der Waals surface area contributed by atoms with Crippen LogP contribution in [0.5, 0.6) is 0 Å². The zero-order valence-corrected chi connectivity index (χ0v) is 20.7. The van der Waals surface area contributed by atoms with E-state index in [1.165, 1.54) is 17.9 Å². The molecular formula is C24H23Cl2N5O3. The van der Waals surface area contributed by atoms with Gasteiger partial charge in [-0.1, -0.05) is 23.2 Å². The molecule has 0 saturated carbocycles. The van der Waals surface area contributed by atoms with Crippen LogP contribution in [0.1, 0.15) is 33.8 Å². The smallest absolute Gasteiger partial charge is 0.269 e. The Labute approximate surface area is 207 Å². The average Bonchev–Trinajstić information content (AvgIpc) is 3.06. The molecule has 0 bridgehead atoms. The van der Waals surface area contributed by atoms with Crippen LogP contribution >= 0.6 is 23.2 Å². The molecule has 0 aliphatic rings. The molecule has 34 heavy (non-hydrogen) atoms. The number of aromatic nitrogens is 2. The summed E-state index contributed by atoms with van der Waals surface area (Å²) in [6.45, 7) is 5.42. The first kappa shape index (κ1) is 25.2. The lowest BCUT2D eigenvalue weighted by atomic mass is 10.1. The molecule has 0 spiro atoms. The Morgan fingerprint density at radius 2 is 1.91 bits per heavy atom. The number of pyridine rings is 1. The van der Waals surface area contributed by atoms with E-state index in [2.05, 4.69) is 10.5 Å². The first-order valence-corrected chi connectivity index (χ1v) is 11.0. The Balaban J connectivity index is 1.77. The fraction of sp³-hybridized carbons (Fsp3) is 0.250. The zero-order valence-electron chi connectivity index (χ0n) is 19.1. The lowest BCUT2D eigenvalue weighted by Gasteiger charge is -2.12. The molecule has 2 aromatic heterocycles. The van der Waals surface area contributed by atoms with Crippen LogP contribution in [0.3, 0.4) is 0 Å². The van der Waals surface area contributed by atoms with Crippen LogP contribution < -0.4 is 11.0 Å². The van der Waals surface area contributed by atoms with Crippen molar-refractivity contribution in [3.63, 3.8) is 0 Å². The van der Waals surface area contributed by atoms with Gasteiger partial charge in [0.25, 0.3) is 11.5 Å². The van der Waals surface area contributed by atoms with Crippen LogP contribution in [0.2, 0.25) is 10.0 Å². The lowest BCUT2D eigenvalue weighted by Crippen LogP contribution is -2.33. The van der Waals surface area contributed by atoms with E-state index in [4.69, 9.17) is 27.9 Å². The number of hydrazone groups is 1. The highest BCUT2D eigenvalue weighted by Crippen LogP contribution is 2.27. The number of methoxy groups -OCH3 is 1. The van der Waals surface area contributed by atoms with Crippen molar-refractivity contribution in [2.24, 2.45) is 5.10 Å². The first-order valence-electron chi connectivity index (χ1n) is 10.3. The van der Waals surface area contributed by atoms with Crippen molar-refractivity contribution in [3.8, 4) is 11.8 Å². The number of hydrogen-bond acceptors (Lipinski definition) is 5. The van der Waals surface area contributed by atoms with Crippen molar-refractivity contribution in [2.75, 3.05) is 7.11 Å². The monoisotopic (exact) mass is 499 g/mol. The van der Waals surface area contributed by atoms with E-state index in [0.717, 1.165) is 22.6 Å². The topological polar surface area (TPSA) is 101 Å². The molecule has 176 valence electrons. The molecule has 0 aliphatic heterocycles. The van der Waals surface area contributed by atoms with E-state index in [1.54, 1.807) is 25.1 Å². The predicted octanol–water partition coefficient (Wildman–Crippen LogP) is 4.04. The van der Waals surface area contributed by atoms with Crippen LogP contribution in [0.15, 0.2) is 40.2 Å². The number of benzene rings is 1. The fourth-order valence-corrected chi connectivity index (χ4v) is 4.01. The maximum absolute atomic E-state index is 12.7. The van der Waals surface area contributed by atoms with Gasteiger partial charge in [-0.3, -0.25) is 9.59 Å². The third-order valence-corrected chi connectivity index (χ3v) is 6.07. The van der Waals surface area contributed by atoms with Gasteiger partial charge < -0.3 is 13.9 Å². The predicted molar refractivity (Wildman–Crippen MR) is 132 cm³/mol. The highest BCUT2D eigenvalue weighted by Gasteiger charge is 2.15. The number of nitrogens with zero attached hydrogens (tertiary/aromatic N) is 4. The second-order valence-electron chi connectivity index (χ2n) is 7.68. The molecule has 8 nitrogen and oxygen atoms in total. The number of carbonyl (C=O) groups excluding carboxylic acids is 1. The van der Waals surface area contributed by atoms with Crippen LogP contribution in [0.4, 0.5) is 0 Å². The minimum absolute atomic E-state index is 0.0431. The summed E-state index contributed by atoms with van der Waals surface area (Å²) in [7, 11) is 1.48. The van der Waals surface area contributed by atoms with Gasteiger partial charge in [0.1, 0.15) is 18.2 Å². The van der Waals surface area contributed by atoms with Gasteiger partial charge in [0, 0.05) is 41.0 Å². The minimum atomic E-state index is -0.543. The molecule has 1 amide bonds. The normalized spacial score (nSPS) is 11.1. The Kier molecular flexibility index (Phi) is 7.94. The fourth-order valence-electron chi connectivity index (χ4n) is 3.71. The number of rotatable bonds is 7. The Bertz CT molecular complexity index is 1380. The molecule has 10 heteroatoms. The Hall–Kier alpha value is -3.38. The van der Waals surface area contributed by atoms with Crippen molar-refractivity contribution >= 4 is 35.3 Å². The minimum Gasteiger partial charge on any atom is -0.380 e. The molecule has 3 aromatic rings. The lowest BCUT2D eigenvalue weighted by molar-refractivity contribution is -0.121. The van der Waals surface area contributed by atoms with Gasteiger partial charge in [0.05, 0.1) is 22.9 Å². The molecule has 1 N–H and O–H groups in total. The number of carbonyl (C=O) groups is 1. The van der Waals surface area contributed by atoms with E-state index in [9.17, 15) is 14.9 Å². The summed E-state index contributed by atoms with van der Waals surface area (Å²) in [5.74, 6) is -0.497. The third-order valence-electron chi connectivity index (χ3n) is 5.33. The van der Waals surface area contributed by atoms with E-state index in [-0.39, 0.29) is 18.7 Å². The molecule has 3 rings (SSSR count). The van der Waals surface area contributed by atoms with Gasteiger partial charge in [-0.15, -0.1) is 0 Å². The van der Waals surface area contributed by atoms with Crippen molar-refractivity contribution in [1.29, 1.82) is 5.26 Å². The molecule has 1 aromatic carbocycles. The van der Waals surface area contributed by atoms with Gasteiger partial charge >= 0.3 is 0 Å². The number of amides is 1. The molecular weight excluding hydrogens is 477 g/mol. The van der Waals surface area contributed by atoms with E-state index >= 15 is 0 Å². The molecule has 2 heterocycles. The molecule has 0 aliphatic carbocycles. The summed E-state index contributed by atoms with van der Waals surface area (Å²) >= 11 is 12.2. The van der Waals surface area contributed by atoms with Gasteiger partial charge in [-0.05, 0) is 51.1 Å². The zero-order chi connectivity index (χ0) is 25.0. The maximum atomic E-state index is 12.7. The van der Waals surface area contributed by atoms with Crippen LogP contribution in [0, 0.1) is 32.1 Å². The number of aryl methyl sites for hydroxylation is 2. The summed E-state index contributed by atoms with van der Waals surface area (Å²) in [6.07, 6.45) is 1.53. The quantitative estimate of drug-likeness (QED) is 0.391. The number of nitrogens with one attached hydrogen (secondary N) is 1. The van der Waals surface area contributed by atoms with E-state index in [1.807, 2.05) is 36.6 Å². The summed E-state index contributed by atoms with van der Waals surface area (Å²) < 4.78 is 8.28. The molecule has 0 radical (unpaired) electrons. The summed E-state index contributed by atoms with van der Waals surface area (Å²) in [6, 6.07) is 10.9. The Morgan fingerprint density at radius 1 is 1.18 bits per heavy atom. The molecule has 0 saturated heterocycles. The summed E-state index contributed by atoms with van der Waals surface area (Å²) in [4.78, 5) is 25.1. The second-order valence-corrected chi connectivity index (χ2v) is 8.49. The van der Waals surface area contributed by atoms with E-state index < -0.39 is 11.5 Å². The number of halogens is 2. The number of ether oxygens (including phenoxy) is 1. The van der Waals surface area contributed by atoms with Gasteiger partial charge in [0.2, 0.25) is 0 Å². The van der Waals surface area contributed by atoms with Crippen molar-refractivity contribution < 1.29 is 9.53 Å². The van der Waals surface area contributed by atoms with Crippen molar-refractivity contribution in [2.45, 2.75) is 33.9 Å². The highest BCUT2D eigenvalue weighted by molar-refractivity contribution is 6.42.